The molecular weight excluding hydrogens is 725 g/mol. The summed E-state index contributed by atoms with van der Waals surface area (Å²) >= 11 is 0. The van der Waals surface area contributed by atoms with Crippen LogP contribution in [0.1, 0.15) is 181 Å². The van der Waals surface area contributed by atoms with Crippen molar-refractivity contribution in [1.82, 2.24) is 0 Å². The summed E-state index contributed by atoms with van der Waals surface area (Å²) in [4.78, 5) is 25.3. The Balaban J connectivity index is 2.34. The Bertz CT molecular complexity index is 1070. The average molecular weight is 807 g/mol. The van der Waals surface area contributed by atoms with Crippen molar-refractivity contribution < 1.29 is 49.0 Å². The van der Waals surface area contributed by atoms with Crippen molar-refractivity contribution in [3.8, 4) is 0 Å². The van der Waals surface area contributed by atoms with Gasteiger partial charge in [0.15, 0.2) is 12.4 Å². The molecule has 0 radical (unpaired) electrons. The van der Waals surface area contributed by atoms with Gasteiger partial charge in [0.05, 0.1) is 13.2 Å². The summed E-state index contributed by atoms with van der Waals surface area (Å²) in [5.74, 6) is -0.852. The van der Waals surface area contributed by atoms with Crippen molar-refractivity contribution >= 4 is 11.9 Å². The molecule has 1 saturated heterocycles. The molecule has 10 heteroatoms. The zero-order chi connectivity index (χ0) is 41.6. The van der Waals surface area contributed by atoms with Gasteiger partial charge in [0.1, 0.15) is 31.0 Å². The molecule has 1 fully saturated rings. The van der Waals surface area contributed by atoms with E-state index in [2.05, 4.69) is 62.5 Å². The van der Waals surface area contributed by atoms with Crippen molar-refractivity contribution in [3.05, 3.63) is 48.6 Å². The van der Waals surface area contributed by atoms with Gasteiger partial charge in [-0.25, -0.2) is 0 Å². The van der Waals surface area contributed by atoms with E-state index in [4.69, 9.17) is 18.9 Å². The first kappa shape index (κ1) is 52.7. The van der Waals surface area contributed by atoms with Gasteiger partial charge < -0.3 is 39.4 Å². The van der Waals surface area contributed by atoms with Crippen LogP contribution in [0.3, 0.4) is 0 Å². The summed E-state index contributed by atoms with van der Waals surface area (Å²) in [5, 5.41) is 40.1. The third kappa shape index (κ3) is 29.5. The molecule has 1 heterocycles. The summed E-state index contributed by atoms with van der Waals surface area (Å²) in [6.07, 6.45) is 36.9. The number of unbranched alkanes of at least 4 members (excludes halogenated alkanes) is 18. The maximum atomic E-state index is 12.7. The van der Waals surface area contributed by atoms with Gasteiger partial charge in [-0.3, -0.25) is 9.59 Å². The van der Waals surface area contributed by atoms with Gasteiger partial charge in [0, 0.05) is 12.8 Å². The third-order valence-corrected chi connectivity index (χ3v) is 10.2. The summed E-state index contributed by atoms with van der Waals surface area (Å²) in [5.41, 5.74) is 0. The Labute approximate surface area is 346 Å². The first-order chi connectivity index (χ1) is 27.8. The quantitative estimate of drug-likeness (QED) is 0.0271. The number of aliphatic hydroxyl groups excluding tert-OH is 4. The van der Waals surface area contributed by atoms with Crippen LogP contribution >= 0.6 is 0 Å². The van der Waals surface area contributed by atoms with Gasteiger partial charge in [-0.05, 0) is 51.4 Å². The smallest absolute Gasteiger partial charge is 0.306 e. The maximum Gasteiger partial charge on any atom is 0.306 e. The van der Waals surface area contributed by atoms with Crippen LogP contribution in [0, 0.1) is 0 Å². The third-order valence-electron chi connectivity index (χ3n) is 10.2. The summed E-state index contributed by atoms with van der Waals surface area (Å²) in [7, 11) is 0. The Morgan fingerprint density at radius 1 is 0.561 bits per heavy atom. The topological polar surface area (TPSA) is 152 Å². The summed E-state index contributed by atoms with van der Waals surface area (Å²) in [6.45, 7) is 3.27. The van der Waals surface area contributed by atoms with E-state index in [9.17, 15) is 30.0 Å². The minimum absolute atomic E-state index is 0.178. The van der Waals surface area contributed by atoms with Gasteiger partial charge >= 0.3 is 11.9 Å². The lowest BCUT2D eigenvalue weighted by molar-refractivity contribution is -0.305. The van der Waals surface area contributed by atoms with E-state index in [1.54, 1.807) is 0 Å². The average Bonchev–Trinajstić information content (AvgIpc) is 3.21. The fourth-order valence-electron chi connectivity index (χ4n) is 6.65. The molecule has 0 saturated carbocycles. The SMILES string of the molecule is CC/C=C/C/C=C/C/C=C/C/C=C/CCCCC(=O)O[C@@H](COC(=O)CCCCCCCCCCCCCCCCCCC)CO[C@H]1O[C@@H](CO)[C@@H](O)C(O)C1O. The molecule has 1 aliphatic rings. The van der Waals surface area contributed by atoms with Crippen molar-refractivity contribution in [2.75, 3.05) is 19.8 Å². The lowest BCUT2D eigenvalue weighted by atomic mass is 9.99. The van der Waals surface area contributed by atoms with Crippen LogP contribution in [0.15, 0.2) is 48.6 Å². The van der Waals surface area contributed by atoms with Gasteiger partial charge in [-0.1, -0.05) is 165 Å². The molecule has 0 bridgehead atoms. The molecule has 330 valence electrons. The molecule has 0 aliphatic carbocycles. The molecule has 1 aliphatic heterocycles. The Morgan fingerprint density at radius 3 is 1.56 bits per heavy atom. The highest BCUT2D eigenvalue weighted by Crippen LogP contribution is 2.22. The van der Waals surface area contributed by atoms with E-state index in [0.29, 0.717) is 6.42 Å². The van der Waals surface area contributed by atoms with E-state index >= 15 is 0 Å². The highest BCUT2D eigenvalue weighted by Gasteiger charge is 2.44. The van der Waals surface area contributed by atoms with Crippen LogP contribution < -0.4 is 0 Å². The first-order valence-corrected chi connectivity index (χ1v) is 22.7. The van der Waals surface area contributed by atoms with Crippen molar-refractivity contribution in [2.24, 2.45) is 0 Å². The van der Waals surface area contributed by atoms with E-state index < -0.39 is 49.4 Å². The number of hydrogen-bond acceptors (Lipinski definition) is 10. The number of rotatable bonds is 37. The van der Waals surface area contributed by atoms with Crippen molar-refractivity contribution in [3.63, 3.8) is 0 Å². The van der Waals surface area contributed by atoms with Crippen molar-refractivity contribution in [2.45, 2.75) is 218 Å². The second kappa shape index (κ2) is 37.9. The molecule has 57 heavy (non-hydrogen) atoms. The molecule has 1 rings (SSSR count). The molecule has 2 unspecified atom stereocenters. The molecular formula is C47H82O10. The molecule has 0 amide bonds. The number of hydrogen-bond donors (Lipinski definition) is 4. The van der Waals surface area contributed by atoms with Crippen molar-refractivity contribution in [1.29, 1.82) is 0 Å². The molecule has 0 aromatic rings. The fraction of sp³-hybridized carbons (Fsp3) is 0.787. The lowest BCUT2D eigenvalue weighted by Crippen LogP contribution is -2.59. The van der Waals surface area contributed by atoms with Crippen LogP contribution in [-0.4, -0.2) is 89.0 Å². The molecule has 0 aromatic heterocycles. The standard InChI is InChI=1S/C47H82O10/c1-3-5-7-9-11-13-15-17-19-20-22-23-25-27-29-31-33-35-42(49)54-38-40(39-55-47-46(53)45(52)44(51)41(37-48)57-47)56-43(50)36-34-32-30-28-26-24-21-18-16-14-12-10-8-6-4-2/h6,8,12,14,18,21,26,28,40-41,44-48,51-53H,3-5,7,9-11,13,15-17,19-20,22-25,27,29-39H2,1-2H3/b8-6+,14-12+,21-18+,28-26+/t40-,41-,44+,45?,46?,47-/m0/s1. The Hall–Kier alpha value is -2.34. The highest BCUT2D eigenvalue weighted by molar-refractivity contribution is 5.70. The number of ether oxygens (including phenoxy) is 4. The van der Waals surface area contributed by atoms with Crippen LogP contribution in [0.4, 0.5) is 0 Å². The van der Waals surface area contributed by atoms with E-state index in [1.807, 2.05) is 0 Å². The lowest BCUT2D eigenvalue weighted by Gasteiger charge is -2.39. The highest BCUT2D eigenvalue weighted by atomic mass is 16.7. The number of carbonyl (C=O) groups is 2. The second-order valence-corrected chi connectivity index (χ2v) is 15.5. The van der Waals surface area contributed by atoms with Crippen LogP contribution in [0.5, 0.6) is 0 Å². The minimum Gasteiger partial charge on any atom is -0.462 e. The fourth-order valence-corrected chi connectivity index (χ4v) is 6.65. The zero-order valence-electron chi connectivity index (χ0n) is 35.8. The summed E-state index contributed by atoms with van der Waals surface area (Å²) < 4.78 is 22.1. The number of esters is 2. The largest absolute Gasteiger partial charge is 0.462 e. The van der Waals surface area contributed by atoms with Gasteiger partial charge in [0.25, 0.3) is 0 Å². The maximum absolute atomic E-state index is 12.7. The molecule has 0 spiro atoms. The normalized spacial score (nSPS) is 20.7. The van der Waals surface area contributed by atoms with E-state index in [0.717, 1.165) is 57.8 Å². The zero-order valence-corrected chi connectivity index (χ0v) is 35.8. The molecule has 10 nitrogen and oxygen atoms in total. The van der Waals surface area contributed by atoms with Crippen LogP contribution in [-0.2, 0) is 28.5 Å². The summed E-state index contributed by atoms with van der Waals surface area (Å²) in [6, 6.07) is 0. The monoisotopic (exact) mass is 807 g/mol. The predicted octanol–water partition coefficient (Wildman–Crippen LogP) is 9.67. The molecule has 6 atom stereocenters. The van der Waals surface area contributed by atoms with Crippen LogP contribution in [0.25, 0.3) is 0 Å². The number of aliphatic hydroxyl groups is 4. The number of allylic oxidation sites excluding steroid dienone is 8. The Kier molecular flexibility index (Phi) is 35.0. The second-order valence-electron chi connectivity index (χ2n) is 15.5. The first-order valence-electron chi connectivity index (χ1n) is 22.7. The molecule has 0 aromatic carbocycles. The van der Waals surface area contributed by atoms with Gasteiger partial charge in [0.2, 0.25) is 0 Å². The molecule has 4 N–H and O–H groups in total. The predicted molar refractivity (Wildman–Crippen MR) is 229 cm³/mol. The van der Waals surface area contributed by atoms with E-state index in [1.165, 1.54) is 89.9 Å². The van der Waals surface area contributed by atoms with Crippen LogP contribution in [0.2, 0.25) is 0 Å². The van der Waals surface area contributed by atoms with Gasteiger partial charge in [-0.15, -0.1) is 0 Å². The number of carbonyl (C=O) groups excluding carboxylic acids is 2. The van der Waals surface area contributed by atoms with E-state index in [-0.39, 0.29) is 32.0 Å². The van der Waals surface area contributed by atoms with Gasteiger partial charge in [-0.2, -0.15) is 0 Å². The Morgan fingerprint density at radius 2 is 1.04 bits per heavy atom. The minimum atomic E-state index is -1.60.